The van der Waals surface area contributed by atoms with E-state index in [4.69, 9.17) is 10.5 Å². The summed E-state index contributed by atoms with van der Waals surface area (Å²) >= 11 is 1.71. The van der Waals surface area contributed by atoms with Gasteiger partial charge in [0.1, 0.15) is 17.7 Å². The number of fused-ring (bicyclic) bond motifs is 1. The van der Waals surface area contributed by atoms with E-state index in [0.29, 0.717) is 24.5 Å². The fourth-order valence-electron chi connectivity index (χ4n) is 3.82. The van der Waals surface area contributed by atoms with Crippen LogP contribution in [0.4, 0.5) is 11.5 Å². The van der Waals surface area contributed by atoms with E-state index in [1.54, 1.807) is 23.6 Å². The number of benzene rings is 1. The molecule has 0 radical (unpaired) electrons. The van der Waals surface area contributed by atoms with Crippen LogP contribution in [-0.2, 0) is 6.54 Å². The molecular weight excluding hydrogens is 422 g/mol. The summed E-state index contributed by atoms with van der Waals surface area (Å²) in [6.45, 7) is 2.78. The Morgan fingerprint density at radius 1 is 1.25 bits per heavy atom. The SMILES string of the molecule is CNCCC(Oc1ccc(CN2CCN(C)c3cc(N)ncc3C2=O)cc1)c1cccs1. The maximum absolute atomic E-state index is 13.1. The molecule has 2 aromatic heterocycles. The molecule has 1 atom stereocenters. The normalized spacial score (nSPS) is 14.8. The van der Waals surface area contributed by atoms with Crippen LogP contribution in [0.3, 0.4) is 0 Å². The molecule has 7 nitrogen and oxygen atoms in total. The van der Waals surface area contributed by atoms with Crippen LogP contribution in [0.1, 0.15) is 33.3 Å². The van der Waals surface area contributed by atoms with Crippen LogP contribution in [0.2, 0.25) is 0 Å². The van der Waals surface area contributed by atoms with E-state index in [9.17, 15) is 4.79 Å². The Balaban J connectivity index is 1.45. The van der Waals surface area contributed by atoms with Crippen molar-refractivity contribution in [2.24, 2.45) is 0 Å². The van der Waals surface area contributed by atoms with E-state index in [1.165, 1.54) is 4.88 Å². The zero-order valence-electron chi connectivity index (χ0n) is 18.5. The number of nitrogens with zero attached hydrogens (tertiary/aromatic N) is 3. The van der Waals surface area contributed by atoms with Crippen molar-refractivity contribution in [2.75, 3.05) is 44.4 Å². The Kier molecular flexibility index (Phi) is 6.92. The third-order valence-electron chi connectivity index (χ3n) is 5.63. The van der Waals surface area contributed by atoms with Crippen LogP contribution in [0.5, 0.6) is 5.75 Å². The number of anilines is 2. The highest BCUT2D eigenvalue weighted by Gasteiger charge is 2.25. The van der Waals surface area contributed by atoms with Crippen molar-refractivity contribution in [1.82, 2.24) is 15.2 Å². The van der Waals surface area contributed by atoms with Crippen molar-refractivity contribution in [3.63, 3.8) is 0 Å². The second-order valence-electron chi connectivity index (χ2n) is 7.93. The molecule has 0 saturated heterocycles. The zero-order chi connectivity index (χ0) is 22.5. The number of thiophene rings is 1. The second-order valence-corrected chi connectivity index (χ2v) is 8.91. The van der Waals surface area contributed by atoms with Crippen molar-refractivity contribution in [3.05, 3.63) is 70.0 Å². The van der Waals surface area contributed by atoms with E-state index < -0.39 is 0 Å². The molecule has 0 spiro atoms. The van der Waals surface area contributed by atoms with Gasteiger partial charge in [0.15, 0.2) is 0 Å². The summed E-state index contributed by atoms with van der Waals surface area (Å²) in [4.78, 5) is 22.4. The van der Waals surface area contributed by atoms with Gasteiger partial charge < -0.3 is 25.6 Å². The average molecular weight is 452 g/mol. The second kappa shape index (κ2) is 10.0. The summed E-state index contributed by atoms with van der Waals surface area (Å²) in [6.07, 6.45) is 2.49. The lowest BCUT2D eigenvalue weighted by Gasteiger charge is -2.22. The first-order valence-corrected chi connectivity index (χ1v) is 11.6. The highest BCUT2D eigenvalue weighted by Crippen LogP contribution is 2.29. The third kappa shape index (κ3) is 5.03. The van der Waals surface area contributed by atoms with Crippen LogP contribution in [0, 0.1) is 0 Å². The molecule has 1 aliphatic rings. The van der Waals surface area contributed by atoms with Gasteiger partial charge in [0.2, 0.25) is 0 Å². The molecule has 3 heterocycles. The maximum atomic E-state index is 13.1. The fourth-order valence-corrected chi connectivity index (χ4v) is 4.61. The van der Waals surface area contributed by atoms with Crippen molar-refractivity contribution < 1.29 is 9.53 Å². The lowest BCUT2D eigenvalue weighted by atomic mass is 10.1. The van der Waals surface area contributed by atoms with Gasteiger partial charge in [0, 0.05) is 50.2 Å². The Labute approximate surface area is 192 Å². The number of amides is 1. The molecule has 1 unspecified atom stereocenters. The monoisotopic (exact) mass is 451 g/mol. The summed E-state index contributed by atoms with van der Waals surface area (Å²) in [6, 6.07) is 14.0. The number of pyridine rings is 1. The van der Waals surface area contributed by atoms with Crippen LogP contribution in [0.25, 0.3) is 0 Å². The van der Waals surface area contributed by atoms with E-state index in [-0.39, 0.29) is 12.0 Å². The molecule has 3 aromatic rings. The fraction of sp³-hybridized carbons (Fsp3) is 0.333. The Morgan fingerprint density at radius 3 is 2.78 bits per heavy atom. The van der Waals surface area contributed by atoms with E-state index in [1.807, 2.05) is 43.3 Å². The summed E-state index contributed by atoms with van der Waals surface area (Å²) in [7, 11) is 3.92. The molecule has 1 aliphatic heterocycles. The van der Waals surface area contributed by atoms with Gasteiger partial charge >= 0.3 is 0 Å². The Morgan fingerprint density at radius 2 is 2.06 bits per heavy atom. The zero-order valence-corrected chi connectivity index (χ0v) is 19.3. The predicted molar refractivity (Wildman–Crippen MR) is 129 cm³/mol. The highest BCUT2D eigenvalue weighted by molar-refractivity contribution is 7.10. The van der Waals surface area contributed by atoms with Crippen molar-refractivity contribution in [2.45, 2.75) is 19.1 Å². The van der Waals surface area contributed by atoms with Crippen LogP contribution in [0.15, 0.2) is 54.0 Å². The summed E-state index contributed by atoms with van der Waals surface area (Å²) in [5.74, 6) is 1.22. The molecule has 32 heavy (non-hydrogen) atoms. The number of aromatic nitrogens is 1. The van der Waals surface area contributed by atoms with Gasteiger partial charge in [-0.25, -0.2) is 4.98 Å². The molecule has 0 fully saturated rings. The number of nitrogens with two attached hydrogens (primary N) is 1. The summed E-state index contributed by atoms with van der Waals surface area (Å²) in [5.41, 5.74) is 8.30. The van der Waals surface area contributed by atoms with Gasteiger partial charge in [-0.2, -0.15) is 0 Å². The van der Waals surface area contributed by atoms with Crippen LogP contribution in [-0.4, -0.2) is 49.5 Å². The molecule has 0 aliphatic carbocycles. The minimum absolute atomic E-state index is 0.0208. The molecule has 1 amide bonds. The van der Waals surface area contributed by atoms with Crippen molar-refractivity contribution >= 4 is 28.7 Å². The number of rotatable bonds is 8. The largest absolute Gasteiger partial charge is 0.485 e. The lowest BCUT2D eigenvalue weighted by Crippen LogP contribution is -2.33. The van der Waals surface area contributed by atoms with E-state index in [2.05, 4.69) is 32.7 Å². The molecule has 8 heteroatoms. The highest BCUT2D eigenvalue weighted by atomic mass is 32.1. The molecular formula is C24H29N5O2S. The van der Waals surface area contributed by atoms with Gasteiger partial charge in [-0.05, 0) is 42.7 Å². The van der Waals surface area contributed by atoms with Crippen LogP contribution >= 0.6 is 11.3 Å². The molecule has 0 bridgehead atoms. The van der Waals surface area contributed by atoms with Crippen molar-refractivity contribution in [3.8, 4) is 5.75 Å². The number of carbonyl (C=O) groups is 1. The first-order valence-electron chi connectivity index (χ1n) is 10.7. The number of ether oxygens (including phenoxy) is 1. The maximum Gasteiger partial charge on any atom is 0.257 e. The smallest absolute Gasteiger partial charge is 0.257 e. The number of likely N-dealkylation sites (N-methyl/N-ethyl adjacent to an activating group) is 1. The molecule has 0 saturated carbocycles. The number of nitrogen functional groups attached to an aromatic ring is 1. The number of carbonyl (C=O) groups excluding carboxylic acids is 1. The Bertz CT molecular complexity index is 1040. The van der Waals surface area contributed by atoms with Crippen molar-refractivity contribution in [1.29, 1.82) is 0 Å². The predicted octanol–water partition coefficient (Wildman–Crippen LogP) is 3.55. The standard InChI is InChI=1S/C24H29N5O2S/c1-26-10-9-21(22-4-3-13-32-22)31-18-7-5-17(6-8-18)16-29-12-11-28(2)20-14-23(25)27-15-19(20)24(29)30/h3-8,13-15,21,26H,9-12,16H2,1-2H3,(H2,25,27). The van der Waals surface area contributed by atoms with E-state index in [0.717, 1.165) is 36.5 Å². The first kappa shape index (κ1) is 22.1. The molecule has 4 rings (SSSR count). The van der Waals surface area contributed by atoms with Gasteiger partial charge in [-0.3, -0.25) is 4.79 Å². The third-order valence-corrected chi connectivity index (χ3v) is 6.59. The summed E-state index contributed by atoms with van der Waals surface area (Å²) < 4.78 is 6.28. The number of hydrogen-bond donors (Lipinski definition) is 2. The van der Waals surface area contributed by atoms with Crippen LogP contribution < -0.4 is 20.7 Å². The quantitative estimate of drug-likeness (QED) is 0.545. The molecule has 168 valence electrons. The van der Waals surface area contributed by atoms with Gasteiger partial charge in [0.05, 0.1) is 11.3 Å². The number of nitrogens with one attached hydrogen (secondary N) is 1. The minimum Gasteiger partial charge on any atom is -0.485 e. The van der Waals surface area contributed by atoms with E-state index >= 15 is 0 Å². The topological polar surface area (TPSA) is 83.7 Å². The minimum atomic E-state index is -0.0259. The molecule has 3 N–H and O–H groups in total. The van der Waals surface area contributed by atoms with Gasteiger partial charge in [0.25, 0.3) is 5.91 Å². The van der Waals surface area contributed by atoms with Gasteiger partial charge in [-0.15, -0.1) is 11.3 Å². The summed E-state index contributed by atoms with van der Waals surface area (Å²) in [5, 5.41) is 5.27. The Hall–Kier alpha value is -3.10. The lowest BCUT2D eigenvalue weighted by molar-refractivity contribution is 0.0754. The average Bonchev–Trinajstić information content (AvgIpc) is 3.31. The first-order chi connectivity index (χ1) is 15.5. The molecule has 1 aromatic carbocycles. The number of hydrogen-bond acceptors (Lipinski definition) is 7. The van der Waals surface area contributed by atoms with Gasteiger partial charge in [-0.1, -0.05) is 18.2 Å².